The molecule has 2 aromatic carbocycles. The van der Waals surface area contributed by atoms with Gasteiger partial charge in [0.05, 0.1) is 24.4 Å². The van der Waals surface area contributed by atoms with Crippen LogP contribution < -0.4 is 20.4 Å². The molecule has 0 radical (unpaired) electrons. The predicted octanol–water partition coefficient (Wildman–Crippen LogP) is 4.00. The molecule has 0 amide bonds. The average molecular weight is 557 g/mol. The lowest BCUT2D eigenvalue weighted by atomic mass is 9.75. The molecule has 40 heavy (non-hydrogen) atoms. The number of rotatable bonds is 7. The van der Waals surface area contributed by atoms with Crippen molar-refractivity contribution < 1.29 is 37.8 Å². The Kier molecular flexibility index (Phi) is 11.3. The number of ether oxygens (including phenoxy) is 2. The molecule has 3 aliphatic heterocycles. The van der Waals surface area contributed by atoms with Crippen molar-refractivity contribution in [2.45, 2.75) is 73.2 Å². The fraction of sp³-hybridized carbons (Fsp3) is 0.536. The van der Waals surface area contributed by atoms with Crippen LogP contribution in [0, 0.1) is 10.1 Å². The first-order chi connectivity index (χ1) is 18.1. The number of nitro groups is 1. The summed E-state index contributed by atoms with van der Waals surface area (Å²) in [7, 11) is -1.13. The third kappa shape index (κ3) is 6.86. The first-order valence-electron chi connectivity index (χ1n) is 12.8. The van der Waals surface area contributed by atoms with Crippen LogP contribution in [0.4, 0.5) is 0 Å². The van der Waals surface area contributed by atoms with Crippen LogP contribution in [0.2, 0.25) is 0 Å². The van der Waals surface area contributed by atoms with Gasteiger partial charge in [0.2, 0.25) is 6.54 Å². The van der Waals surface area contributed by atoms with Crippen LogP contribution in [-0.4, -0.2) is 63.0 Å². The van der Waals surface area contributed by atoms with Gasteiger partial charge in [-0.3, -0.25) is 14.9 Å². The third-order valence-electron chi connectivity index (χ3n) is 7.07. The number of hydrogen-bond acceptors (Lipinski definition) is 9. The van der Waals surface area contributed by atoms with Crippen molar-refractivity contribution in [2.24, 2.45) is 0 Å². The first-order valence-corrected chi connectivity index (χ1v) is 12.8. The zero-order valence-electron chi connectivity index (χ0n) is 22.4. The maximum absolute atomic E-state index is 11.4. The molecular formula is C28H41B2NO9. The summed E-state index contributed by atoms with van der Waals surface area (Å²) in [6.45, 7) is 11.2. The van der Waals surface area contributed by atoms with Gasteiger partial charge in [-0.05, 0) is 51.8 Å². The maximum Gasteiger partial charge on any atom is 0.499 e. The van der Waals surface area contributed by atoms with Gasteiger partial charge in [-0.1, -0.05) is 46.0 Å². The highest BCUT2D eigenvalue weighted by molar-refractivity contribution is 6.65. The number of nitrogens with zero attached hydrogens (tertiary/aromatic N) is 1. The van der Waals surface area contributed by atoms with E-state index in [2.05, 4.69) is 0 Å². The summed E-state index contributed by atoms with van der Waals surface area (Å²) in [5.74, 6) is 1.36. The molecule has 3 aliphatic rings. The lowest BCUT2D eigenvalue weighted by Gasteiger charge is -2.32. The van der Waals surface area contributed by atoms with E-state index in [1.165, 1.54) is 0 Å². The molecule has 1 unspecified atom stereocenters. The summed E-state index contributed by atoms with van der Waals surface area (Å²) in [6.07, 6.45) is 1.17. The molecule has 5 rings (SSSR count). The predicted molar refractivity (Wildman–Crippen MR) is 156 cm³/mol. The summed E-state index contributed by atoms with van der Waals surface area (Å²) in [5.41, 5.74) is 1.93. The van der Waals surface area contributed by atoms with Crippen LogP contribution in [0.25, 0.3) is 0 Å². The number of carbonyl (C=O) groups excluding carboxylic acids is 1. The lowest BCUT2D eigenvalue weighted by Crippen LogP contribution is -2.41. The van der Waals surface area contributed by atoms with Crippen LogP contribution in [0.15, 0.2) is 36.4 Å². The number of benzene rings is 2. The average Bonchev–Trinajstić information content (AvgIpc) is 3.21. The second-order valence-corrected chi connectivity index (χ2v) is 10.3. The topological polar surface area (TPSA) is 116 Å². The lowest BCUT2D eigenvalue weighted by molar-refractivity contribution is -0.490. The second-order valence-electron chi connectivity index (χ2n) is 10.3. The summed E-state index contributed by atoms with van der Waals surface area (Å²) < 4.78 is 34.4. The molecule has 218 valence electrons. The van der Waals surface area contributed by atoms with Gasteiger partial charge in [0.25, 0.3) is 0 Å². The van der Waals surface area contributed by atoms with Gasteiger partial charge in [0.15, 0.2) is 0 Å². The minimum Gasteiger partial charge on any atom is -0.494 e. The van der Waals surface area contributed by atoms with E-state index in [9.17, 15) is 14.9 Å². The van der Waals surface area contributed by atoms with Crippen molar-refractivity contribution in [1.29, 1.82) is 0 Å². The Labute approximate surface area is 238 Å². The number of hydrogen-bond donors (Lipinski definition) is 0. The molecule has 3 heterocycles. The molecule has 0 bridgehead atoms. The Morgan fingerprint density at radius 1 is 1.02 bits per heavy atom. The Bertz CT molecular complexity index is 1160. The van der Waals surface area contributed by atoms with Gasteiger partial charge in [-0.25, -0.2) is 0 Å². The smallest absolute Gasteiger partial charge is 0.494 e. The Morgan fingerprint density at radius 3 is 2.33 bits per heavy atom. The molecule has 0 saturated carbocycles. The van der Waals surface area contributed by atoms with Gasteiger partial charge in [0.1, 0.15) is 30.5 Å². The van der Waals surface area contributed by atoms with E-state index in [0.29, 0.717) is 42.3 Å². The summed E-state index contributed by atoms with van der Waals surface area (Å²) in [4.78, 5) is 21.6. The van der Waals surface area contributed by atoms with Crippen molar-refractivity contribution in [3.63, 3.8) is 0 Å². The van der Waals surface area contributed by atoms with Crippen LogP contribution in [0.1, 0.15) is 77.9 Å². The Hall–Kier alpha value is -2.92. The highest BCUT2D eigenvalue weighted by Gasteiger charge is 2.53. The van der Waals surface area contributed by atoms with E-state index in [1.807, 2.05) is 65.0 Å². The molecule has 0 aliphatic carbocycles. The molecule has 1 atom stereocenters. The minimum atomic E-state index is -0.594. The van der Waals surface area contributed by atoms with E-state index >= 15 is 0 Å². The minimum absolute atomic E-state index is 0. The summed E-state index contributed by atoms with van der Waals surface area (Å²) >= 11 is 0. The number of carbonyl (C=O) groups is 1. The highest BCUT2D eigenvalue weighted by atomic mass is 16.7. The van der Waals surface area contributed by atoms with Crippen LogP contribution in [0.5, 0.6) is 11.5 Å². The van der Waals surface area contributed by atoms with E-state index < -0.39 is 31.5 Å². The van der Waals surface area contributed by atoms with Gasteiger partial charge in [-0.15, -0.1) is 0 Å². The first kappa shape index (κ1) is 33.3. The fourth-order valence-electron chi connectivity index (χ4n) is 4.43. The van der Waals surface area contributed by atoms with Crippen molar-refractivity contribution in [3.8, 4) is 11.5 Å². The Balaban J connectivity index is 0.000000271. The third-order valence-corrected chi connectivity index (χ3v) is 7.07. The van der Waals surface area contributed by atoms with Gasteiger partial charge in [-0.2, -0.15) is 0 Å². The molecule has 12 heteroatoms. The van der Waals surface area contributed by atoms with Gasteiger partial charge >= 0.3 is 14.2 Å². The van der Waals surface area contributed by atoms with Crippen LogP contribution >= 0.6 is 0 Å². The van der Waals surface area contributed by atoms with E-state index in [1.54, 1.807) is 6.07 Å². The normalized spacial score (nSPS) is 19.5. The largest absolute Gasteiger partial charge is 0.499 e. The van der Waals surface area contributed by atoms with E-state index in [4.69, 9.17) is 28.1 Å². The molecule has 2 aromatic rings. The molecule has 10 nitrogen and oxygen atoms in total. The van der Waals surface area contributed by atoms with E-state index in [0.717, 1.165) is 23.7 Å². The highest BCUT2D eigenvalue weighted by Crippen LogP contribution is 2.37. The zero-order chi connectivity index (χ0) is 27.5. The standard InChI is InChI=1S/C16H23BO4.C10H10BNO5.2CH4/c1-6-10-19-13-9-7-8-12(11-18)14(13)17-20-15(2,3)16(4,5)21-17;13-12(14)6-9-7-2-1-3-8-10(7)11(17-9)16-5-4-15-8;;/h7-9,11H,6,10H2,1-5H3;1-3,9H,4-6H2;2*1H4. The number of aldehydes is 1. The molecular weight excluding hydrogens is 516 g/mol. The zero-order valence-corrected chi connectivity index (χ0v) is 22.4. The summed E-state index contributed by atoms with van der Waals surface area (Å²) in [5, 5.41) is 10.6. The Morgan fingerprint density at radius 2 is 1.70 bits per heavy atom. The van der Waals surface area contributed by atoms with Crippen LogP contribution in [-0.2, 0) is 18.6 Å². The molecule has 1 saturated heterocycles. The molecule has 1 fully saturated rings. The van der Waals surface area contributed by atoms with Crippen LogP contribution in [0.3, 0.4) is 0 Å². The molecule has 0 spiro atoms. The van der Waals surface area contributed by atoms with E-state index in [-0.39, 0.29) is 26.3 Å². The van der Waals surface area contributed by atoms with Crippen molar-refractivity contribution in [2.75, 3.05) is 26.4 Å². The maximum atomic E-state index is 11.4. The van der Waals surface area contributed by atoms with Gasteiger partial charge < -0.3 is 28.1 Å². The van der Waals surface area contributed by atoms with Gasteiger partial charge in [0, 0.05) is 21.4 Å². The second kappa shape index (κ2) is 13.6. The molecule has 0 aromatic heterocycles. The SMILES string of the molecule is C.C.CCCOc1cccc(C=O)c1B1OC(C)(C)C(C)(C)O1.O=[N+]([O-])CC1OB2OCCOc3cccc1c32. The van der Waals surface area contributed by atoms with Crippen molar-refractivity contribution in [1.82, 2.24) is 0 Å². The van der Waals surface area contributed by atoms with Crippen molar-refractivity contribution in [3.05, 3.63) is 57.6 Å². The quantitative estimate of drug-likeness (QED) is 0.216. The summed E-state index contributed by atoms with van der Waals surface area (Å²) in [6, 6.07) is 10.9. The molecule has 0 N–H and O–H groups in total. The monoisotopic (exact) mass is 557 g/mol. The fourth-order valence-corrected chi connectivity index (χ4v) is 4.43. The van der Waals surface area contributed by atoms with Crippen molar-refractivity contribution >= 4 is 31.4 Å².